The number of carbonyl (C=O) groups excluding carboxylic acids is 3. The Morgan fingerprint density at radius 1 is 1.19 bits per heavy atom. The molecule has 8 nitrogen and oxygen atoms in total. The molecule has 8 heteroatoms. The molecular formula is C18H20N2O6. The largest absolute Gasteiger partial charge is 0.462 e. The number of nitrogens with one attached hydrogen (secondary N) is 2. The maximum atomic E-state index is 12.6. The molecule has 0 aromatic carbocycles. The fourth-order valence-corrected chi connectivity index (χ4v) is 2.57. The van der Waals surface area contributed by atoms with Gasteiger partial charge in [-0.3, -0.25) is 9.59 Å². The average Bonchev–Trinajstić information content (AvgIpc) is 2.89. The minimum Gasteiger partial charge on any atom is -0.462 e. The summed E-state index contributed by atoms with van der Waals surface area (Å²) in [5.41, 5.74) is 0.558. The van der Waals surface area contributed by atoms with Crippen LogP contribution in [0.1, 0.15) is 56.3 Å². The summed E-state index contributed by atoms with van der Waals surface area (Å²) >= 11 is 0. The predicted molar refractivity (Wildman–Crippen MR) is 92.5 cm³/mol. The standard InChI is InChI=1S/C18H20N2O6/c1-5-25-18(24)13-9(2)14(20-10(13)3)15(21)11(4)26-17(23)12-7-6-8-19-16(12)22/h6-8,11,20H,5H2,1-4H3,(H,19,22)/t11-/m0/s1. The van der Waals surface area contributed by atoms with Crippen molar-refractivity contribution in [2.45, 2.75) is 33.8 Å². The van der Waals surface area contributed by atoms with Crippen molar-refractivity contribution in [2.75, 3.05) is 6.61 Å². The summed E-state index contributed by atoms with van der Waals surface area (Å²) in [7, 11) is 0. The van der Waals surface area contributed by atoms with Gasteiger partial charge in [-0.25, -0.2) is 9.59 Å². The van der Waals surface area contributed by atoms with Gasteiger partial charge in [0.05, 0.1) is 17.9 Å². The number of H-pyrrole nitrogens is 2. The van der Waals surface area contributed by atoms with Gasteiger partial charge in [-0.05, 0) is 45.4 Å². The number of ether oxygens (including phenoxy) is 2. The number of aryl methyl sites for hydroxylation is 1. The lowest BCUT2D eigenvalue weighted by Gasteiger charge is -2.12. The third kappa shape index (κ3) is 3.74. The zero-order valence-corrected chi connectivity index (χ0v) is 15.0. The number of pyridine rings is 1. The van der Waals surface area contributed by atoms with Crippen LogP contribution in [0.4, 0.5) is 0 Å². The molecule has 0 spiro atoms. The van der Waals surface area contributed by atoms with Crippen LogP contribution in [0.2, 0.25) is 0 Å². The van der Waals surface area contributed by atoms with Crippen molar-refractivity contribution >= 4 is 17.7 Å². The van der Waals surface area contributed by atoms with Gasteiger partial charge in [-0.15, -0.1) is 0 Å². The smallest absolute Gasteiger partial charge is 0.344 e. The van der Waals surface area contributed by atoms with Gasteiger partial charge in [0.1, 0.15) is 5.56 Å². The van der Waals surface area contributed by atoms with Gasteiger partial charge in [-0.1, -0.05) is 0 Å². The van der Waals surface area contributed by atoms with Crippen LogP contribution in [0.15, 0.2) is 23.1 Å². The summed E-state index contributed by atoms with van der Waals surface area (Å²) in [6, 6.07) is 2.79. The second-order valence-electron chi connectivity index (χ2n) is 5.67. The van der Waals surface area contributed by atoms with Crippen LogP contribution < -0.4 is 5.56 Å². The minimum absolute atomic E-state index is 0.160. The van der Waals surface area contributed by atoms with E-state index in [-0.39, 0.29) is 23.4 Å². The lowest BCUT2D eigenvalue weighted by molar-refractivity contribution is 0.0315. The first-order valence-electron chi connectivity index (χ1n) is 8.07. The average molecular weight is 360 g/mol. The number of carbonyl (C=O) groups is 3. The van der Waals surface area contributed by atoms with E-state index in [1.165, 1.54) is 25.3 Å². The summed E-state index contributed by atoms with van der Waals surface area (Å²) in [5, 5.41) is 0. The van der Waals surface area contributed by atoms with E-state index in [9.17, 15) is 19.2 Å². The van der Waals surface area contributed by atoms with E-state index in [0.717, 1.165) is 0 Å². The highest BCUT2D eigenvalue weighted by Crippen LogP contribution is 2.21. The summed E-state index contributed by atoms with van der Waals surface area (Å²) in [5.74, 6) is -1.95. The molecule has 0 bridgehead atoms. The summed E-state index contributed by atoms with van der Waals surface area (Å²) in [4.78, 5) is 53.5. The molecule has 1 atom stereocenters. The Labute approximate surface area is 149 Å². The zero-order valence-electron chi connectivity index (χ0n) is 15.0. The van der Waals surface area contributed by atoms with Gasteiger partial charge in [0.25, 0.3) is 5.56 Å². The van der Waals surface area contributed by atoms with Crippen LogP contribution in [0, 0.1) is 13.8 Å². The fourth-order valence-electron chi connectivity index (χ4n) is 2.57. The molecule has 26 heavy (non-hydrogen) atoms. The molecule has 0 aliphatic rings. The maximum absolute atomic E-state index is 12.6. The van der Waals surface area contributed by atoms with Crippen molar-refractivity contribution in [3.05, 3.63) is 56.8 Å². The Morgan fingerprint density at radius 3 is 2.50 bits per heavy atom. The molecule has 2 aromatic heterocycles. The van der Waals surface area contributed by atoms with E-state index in [1.807, 2.05) is 0 Å². The Hall–Kier alpha value is -3.16. The molecule has 0 unspecified atom stereocenters. The van der Waals surface area contributed by atoms with Gasteiger partial charge < -0.3 is 19.4 Å². The van der Waals surface area contributed by atoms with E-state index in [0.29, 0.717) is 11.3 Å². The van der Waals surface area contributed by atoms with Crippen LogP contribution >= 0.6 is 0 Å². The van der Waals surface area contributed by atoms with Crippen LogP contribution in [0.3, 0.4) is 0 Å². The number of aromatic amines is 2. The molecule has 0 aliphatic heterocycles. The fraction of sp³-hybridized carbons (Fsp3) is 0.333. The normalized spacial score (nSPS) is 11.7. The van der Waals surface area contributed by atoms with Gasteiger partial charge in [0.15, 0.2) is 6.10 Å². The summed E-state index contributed by atoms with van der Waals surface area (Å²) < 4.78 is 10.1. The zero-order chi connectivity index (χ0) is 19.4. The predicted octanol–water partition coefficient (Wildman–Crippen LogP) is 1.92. The van der Waals surface area contributed by atoms with E-state index >= 15 is 0 Å². The summed E-state index contributed by atoms with van der Waals surface area (Å²) in [6.45, 7) is 6.56. The van der Waals surface area contributed by atoms with Crippen LogP contribution in [0.25, 0.3) is 0 Å². The molecule has 2 rings (SSSR count). The first-order valence-corrected chi connectivity index (χ1v) is 8.07. The highest BCUT2D eigenvalue weighted by atomic mass is 16.5. The van der Waals surface area contributed by atoms with E-state index in [1.54, 1.807) is 20.8 Å². The van der Waals surface area contributed by atoms with Crippen molar-refractivity contribution in [3.8, 4) is 0 Å². The number of hydrogen-bond donors (Lipinski definition) is 2. The lowest BCUT2D eigenvalue weighted by Crippen LogP contribution is -2.28. The van der Waals surface area contributed by atoms with Crippen molar-refractivity contribution in [3.63, 3.8) is 0 Å². The van der Waals surface area contributed by atoms with E-state index in [4.69, 9.17) is 9.47 Å². The third-order valence-electron chi connectivity index (χ3n) is 3.85. The molecule has 0 saturated carbocycles. The molecule has 0 radical (unpaired) electrons. The molecule has 0 fully saturated rings. The van der Waals surface area contributed by atoms with Crippen LogP contribution in [-0.2, 0) is 9.47 Å². The second kappa shape index (κ2) is 7.81. The Balaban J connectivity index is 2.22. The van der Waals surface area contributed by atoms with Gasteiger partial charge in [0, 0.05) is 11.9 Å². The maximum Gasteiger partial charge on any atom is 0.344 e. The van der Waals surface area contributed by atoms with E-state index in [2.05, 4.69) is 9.97 Å². The first kappa shape index (κ1) is 19.2. The quantitative estimate of drug-likeness (QED) is 0.600. The second-order valence-corrected chi connectivity index (χ2v) is 5.67. The monoisotopic (exact) mass is 360 g/mol. The first-order chi connectivity index (χ1) is 12.3. The number of aromatic nitrogens is 2. The summed E-state index contributed by atoms with van der Waals surface area (Å²) in [6.07, 6.45) is 0.240. The van der Waals surface area contributed by atoms with E-state index < -0.39 is 29.4 Å². The molecule has 2 heterocycles. The molecule has 0 saturated heterocycles. The van der Waals surface area contributed by atoms with Crippen molar-refractivity contribution in [2.24, 2.45) is 0 Å². The Morgan fingerprint density at radius 2 is 1.88 bits per heavy atom. The van der Waals surface area contributed by atoms with Gasteiger partial charge >= 0.3 is 11.9 Å². The number of esters is 2. The van der Waals surface area contributed by atoms with Crippen LogP contribution in [0.5, 0.6) is 0 Å². The lowest BCUT2D eigenvalue weighted by atomic mass is 10.1. The topological polar surface area (TPSA) is 118 Å². The number of Topliss-reactive ketones (excluding diaryl/α,β-unsaturated/α-hetero) is 1. The van der Waals surface area contributed by atoms with Crippen molar-refractivity contribution in [1.29, 1.82) is 0 Å². The van der Waals surface area contributed by atoms with Gasteiger partial charge in [0.2, 0.25) is 5.78 Å². The molecule has 138 valence electrons. The molecule has 0 aliphatic carbocycles. The van der Waals surface area contributed by atoms with Gasteiger partial charge in [-0.2, -0.15) is 0 Å². The molecule has 2 N–H and O–H groups in total. The van der Waals surface area contributed by atoms with Crippen LogP contribution in [-0.4, -0.2) is 40.4 Å². The Kier molecular flexibility index (Phi) is 5.76. The number of rotatable bonds is 6. The van der Waals surface area contributed by atoms with Crippen molar-refractivity contribution in [1.82, 2.24) is 9.97 Å². The number of ketones is 1. The third-order valence-corrected chi connectivity index (χ3v) is 3.85. The molecular weight excluding hydrogens is 340 g/mol. The molecule has 0 amide bonds. The number of hydrogen-bond acceptors (Lipinski definition) is 6. The van der Waals surface area contributed by atoms with Crippen molar-refractivity contribution < 1.29 is 23.9 Å². The SMILES string of the molecule is CCOC(=O)c1c(C)[nH]c(C(=O)[C@H](C)OC(=O)c2ccc[nH]c2=O)c1C. The molecule has 2 aromatic rings. The highest BCUT2D eigenvalue weighted by molar-refractivity contribution is 6.04. The highest BCUT2D eigenvalue weighted by Gasteiger charge is 2.28. The minimum atomic E-state index is -1.14. The Bertz CT molecular complexity index is 909.